The highest BCUT2D eigenvalue weighted by Crippen LogP contribution is 2.38. The minimum Gasteiger partial charge on any atom is -0.430 e. The first kappa shape index (κ1) is 27.2. The number of unbranched alkanes of at least 4 members (excludes halogenated alkanes) is 2. The average Bonchev–Trinajstić information content (AvgIpc) is 2.83. The summed E-state index contributed by atoms with van der Waals surface area (Å²) in [7, 11) is 0. The third-order valence-corrected chi connectivity index (χ3v) is 6.66. The van der Waals surface area contributed by atoms with Crippen LogP contribution >= 0.6 is 0 Å². The van der Waals surface area contributed by atoms with Crippen LogP contribution in [0.1, 0.15) is 80.9 Å². The Morgan fingerprint density at radius 3 is 1.89 bits per heavy atom. The predicted octanol–water partition coefficient (Wildman–Crippen LogP) is 9.58. The first-order valence-corrected chi connectivity index (χ1v) is 12.2. The van der Waals surface area contributed by atoms with Crippen LogP contribution in [0, 0.1) is 5.92 Å². The monoisotopic (exact) mass is 498 g/mol. The molecule has 192 valence electrons. The molecule has 0 N–H and O–H groups in total. The van der Waals surface area contributed by atoms with Crippen molar-refractivity contribution in [3.63, 3.8) is 0 Å². The van der Waals surface area contributed by atoms with E-state index >= 15 is 0 Å². The van der Waals surface area contributed by atoms with E-state index in [0.717, 1.165) is 23.6 Å². The lowest BCUT2D eigenvalue weighted by Gasteiger charge is -2.29. The fourth-order valence-corrected chi connectivity index (χ4v) is 4.59. The summed E-state index contributed by atoms with van der Waals surface area (Å²) in [6, 6.07) is 13.4. The predicted molar refractivity (Wildman–Crippen MR) is 127 cm³/mol. The Bertz CT molecular complexity index is 925. The highest BCUT2D eigenvalue weighted by Gasteiger charge is 2.59. The number of hydrogen-bond acceptors (Lipinski definition) is 1. The van der Waals surface area contributed by atoms with E-state index in [1.807, 2.05) is 18.2 Å². The number of hydrogen-bond donors (Lipinski definition) is 0. The highest BCUT2D eigenvalue weighted by atomic mass is 19.4. The second kappa shape index (κ2) is 12.0. The van der Waals surface area contributed by atoms with Gasteiger partial charge in [-0.15, -0.1) is 0 Å². The topological polar surface area (TPSA) is 9.23 Å². The van der Waals surface area contributed by atoms with Crippen molar-refractivity contribution in [3.05, 3.63) is 65.2 Å². The van der Waals surface area contributed by atoms with E-state index in [9.17, 15) is 26.3 Å². The van der Waals surface area contributed by atoms with Crippen molar-refractivity contribution in [1.29, 1.82) is 0 Å². The number of rotatable bonds is 10. The Labute approximate surface area is 203 Å². The van der Waals surface area contributed by atoms with Crippen LogP contribution in [0.5, 0.6) is 5.75 Å². The fraction of sp³-hybridized carbons (Fsp3) is 0.500. The van der Waals surface area contributed by atoms with E-state index in [1.54, 1.807) is 6.08 Å². The normalized spacial score (nSPS) is 20.2. The molecule has 7 heteroatoms. The fourth-order valence-electron chi connectivity index (χ4n) is 4.59. The van der Waals surface area contributed by atoms with Gasteiger partial charge in [0, 0.05) is 0 Å². The average molecular weight is 499 g/mol. The zero-order valence-electron chi connectivity index (χ0n) is 19.8. The summed E-state index contributed by atoms with van der Waals surface area (Å²) in [5, 5.41) is 0. The number of alkyl halides is 6. The van der Waals surface area contributed by atoms with Gasteiger partial charge in [-0.3, -0.25) is 0 Å². The molecule has 1 unspecified atom stereocenters. The minimum atomic E-state index is -5.71. The molecule has 2 aromatic carbocycles. The summed E-state index contributed by atoms with van der Waals surface area (Å²) in [4.78, 5) is 0. The van der Waals surface area contributed by atoms with Gasteiger partial charge in [-0.25, -0.2) is 4.39 Å². The van der Waals surface area contributed by atoms with E-state index in [0.29, 0.717) is 11.5 Å². The van der Waals surface area contributed by atoms with Crippen LogP contribution in [0.15, 0.2) is 48.5 Å². The highest BCUT2D eigenvalue weighted by molar-refractivity contribution is 5.69. The standard InChI is InChI=1S/C28H32F6O/c1-2-3-4-5-20-8-14-23(15-9-20)24-16-10-21(11-17-24)6-7-22-12-18-25(19-13-22)35-28(33,34)26(29)27(30,31)32/h6-7,10-13,16-20,23,26H,2-5,8-9,14-15H2,1H3/b7-6+. The van der Waals surface area contributed by atoms with Gasteiger partial charge in [0.25, 0.3) is 6.17 Å². The molecule has 1 fully saturated rings. The molecule has 1 saturated carbocycles. The van der Waals surface area contributed by atoms with E-state index in [2.05, 4.69) is 23.8 Å². The van der Waals surface area contributed by atoms with E-state index < -0.39 is 24.2 Å². The summed E-state index contributed by atoms with van der Waals surface area (Å²) >= 11 is 0. The molecule has 0 saturated heterocycles. The molecule has 1 atom stereocenters. The molecular formula is C28H32F6O. The molecular weight excluding hydrogens is 466 g/mol. The van der Waals surface area contributed by atoms with Crippen LogP contribution < -0.4 is 4.74 Å². The van der Waals surface area contributed by atoms with Crippen molar-refractivity contribution in [1.82, 2.24) is 0 Å². The molecule has 0 aromatic heterocycles. The SMILES string of the molecule is CCCCCC1CCC(c2ccc(/C=C/c3ccc(OC(F)(F)C(F)C(F)(F)F)cc3)cc2)CC1. The Hall–Kier alpha value is -2.44. The zero-order valence-corrected chi connectivity index (χ0v) is 19.8. The Morgan fingerprint density at radius 2 is 1.37 bits per heavy atom. The molecule has 0 amide bonds. The van der Waals surface area contributed by atoms with Crippen molar-refractivity contribution in [2.45, 2.75) is 82.7 Å². The molecule has 0 aliphatic heterocycles. The van der Waals surface area contributed by atoms with Gasteiger partial charge in [0.2, 0.25) is 0 Å². The lowest BCUT2D eigenvalue weighted by Crippen LogP contribution is -2.45. The van der Waals surface area contributed by atoms with Crippen LogP contribution in [0.3, 0.4) is 0 Å². The summed E-state index contributed by atoms with van der Waals surface area (Å²) in [5.74, 6) is 0.914. The van der Waals surface area contributed by atoms with Crippen LogP contribution in [-0.4, -0.2) is 18.5 Å². The Morgan fingerprint density at radius 1 is 0.829 bits per heavy atom. The second-order valence-electron chi connectivity index (χ2n) is 9.35. The van der Waals surface area contributed by atoms with Crippen molar-refractivity contribution in [2.24, 2.45) is 5.92 Å². The third-order valence-electron chi connectivity index (χ3n) is 6.66. The van der Waals surface area contributed by atoms with Gasteiger partial charge in [0.05, 0.1) is 0 Å². The molecule has 0 radical (unpaired) electrons. The number of benzene rings is 2. The van der Waals surface area contributed by atoms with Crippen molar-refractivity contribution < 1.29 is 31.1 Å². The summed E-state index contributed by atoms with van der Waals surface area (Å²) in [6.07, 6.45) is -1.18. The molecule has 0 heterocycles. The zero-order chi connectivity index (χ0) is 25.5. The smallest absolute Gasteiger partial charge is 0.430 e. The van der Waals surface area contributed by atoms with Gasteiger partial charge in [-0.1, -0.05) is 81.2 Å². The third kappa shape index (κ3) is 8.04. The van der Waals surface area contributed by atoms with Gasteiger partial charge in [-0.2, -0.15) is 22.0 Å². The molecule has 1 aliphatic rings. The lowest BCUT2D eigenvalue weighted by atomic mass is 9.77. The molecule has 0 spiro atoms. The number of ether oxygens (including phenoxy) is 1. The molecule has 0 bridgehead atoms. The van der Waals surface area contributed by atoms with E-state index in [4.69, 9.17) is 0 Å². The van der Waals surface area contributed by atoms with Crippen LogP contribution in [0.4, 0.5) is 26.3 Å². The van der Waals surface area contributed by atoms with Gasteiger partial charge in [0.15, 0.2) is 0 Å². The first-order valence-electron chi connectivity index (χ1n) is 12.2. The molecule has 3 rings (SSSR count). The maximum absolute atomic E-state index is 13.4. The van der Waals surface area contributed by atoms with Gasteiger partial charge < -0.3 is 4.74 Å². The lowest BCUT2D eigenvalue weighted by molar-refractivity contribution is -0.304. The maximum Gasteiger partial charge on any atom is 0.439 e. The van der Waals surface area contributed by atoms with Crippen LogP contribution in [0.25, 0.3) is 12.2 Å². The maximum atomic E-state index is 13.4. The van der Waals surface area contributed by atoms with Gasteiger partial charge in [-0.05, 0) is 66.3 Å². The van der Waals surface area contributed by atoms with E-state index in [1.165, 1.54) is 69.1 Å². The first-order chi connectivity index (χ1) is 16.6. The molecule has 35 heavy (non-hydrogen) atoms. The Kier molecular flexibility index (Phi) is 9.31. The second-order valence-corrected chi connectivity index (χ2v) is 9.35. The molecule has 1 nitrogen and oxygen atoms in total. The van der Waals surface area contributed by atoms with Crippen LogP contribution in [0.2, 0.25) is 0 Å². The number of halogens is 6. The molecule has 1 aliphatic carbocycles. The van der Waals surface area contributed by atoms with Crippen molar-refractivity contribution in [3.8, 4) is 5.75 Å². The van der Waals surface area contributed by atoms with E-state index in [-0.39, 0.29) is 0 Å². The largest absolute Gasteiger partial charge is 0.439 e. The molecule has 2 aromatic rings. The van der Waals surface area contributed by atoms with Gasteiger partial charge >= 0.3 is 12.3 Å². The van der Waals surface area contributed by atoms with Crippen LogP contribution in [-0.2, 0) is 0 Å². The quantitative estimate of drug-likeness (QED) is 0.180. The van der Waals surface area contributed by atoms with Crippen molar-refractivity contribution in [2.75, 3.05) is 0 Å². The minimum absolute atomic E-state index is 0.552. The van der Waals surface area contributed by atoms with Gasteiger partial charge in [0.1, 0.15) is 5.75 Å². The van der Waals surface area contributed by atoms with Crippen molar-refractivity contribution >= 4 is 12.2 Å². The summed E-state index contributed by atoms with van der Waals surface area (Å²) in [5.41, 5.74) is 2.96. The summed E-state index contributed by atoms with van der Waals surface area (Å²) < 4.78 is 80.4. The Balaban J connectivity index is 1.51. The summed E-state index contributed by atoms with van der Waals surface area (Å²) in [6.45, 7) is 2.24.